The Balaban J connectivity index is 1.61. The molecular weight excluding hydrogens is 328 g/mol. The SMILES string of the molecule is O=S(=O)(Nc1ccc2c(c1)CNCCO2)c1ccc2c(c1)CCO2. The van der Waals surface area contributed by atoms with E-state index in [2.05, 4.69) is 10.0 Å². The molecule has 4 rings (SSSR count). The number of hydrogen-bond acceptors (Lipinski definition) is 5. The summed E-state index contributed by atoms with van der Waals surface area (Å²) in [5, 5.41) is 3.24. The van der Waals surface area contributed by atoms with Gasteiger partial charge in [0.1, 0.15) is 18.1 Å². The summed E-state index contributed by atoms with van der Waals surface area (Å²) in [4.78, 5) is 0.246. The van der Waals surface area contributed by atoms with E-state index >= 15 is 0 Å². The Morgan fingerprint density at radius 2 is 1.75 bits per heavy atom. The van der Waals surface area contributed by atoms with Gasteiger partial charge in [0, 0.05) is 30.8 Å². The average Bonchev–Trinajstić information content (AvgIpc) is 2.91. The number of benzene rings is 2. The largest absolute Gasteiger partial charge is 0.493 e. The third kappa shape index (κ3) is 2.92. The molecule has 2 aromatic rings. The van der Waals surface area contributed by atoms with Crippen LogP contribution in [0, 0.1) is 0 Å². The van der Waals surface area contributed by atoms with E-state index in [-0.39, 0.29) is 4.90 Å². The van der Waals surface area contributed by atoms with Crippen molar-refractivity contribution in [3.63, 3.8) is 0 Å². The Kier molecular flexibility index (Phi) is 3.82. The molecular formula is C17H18N2O4S. The number of rotatable bonds is 3. The Morgan fingerprint density at radius 1 is 0.958 bits per heavy atom. The number of ether oxygens (including phenoxy) is 2. The quantitative estimate of drug-likeness (QED) is 0.888. The van der Waals surface area contributed by atoms with Crippen LogP contribution < -0.4 is 19.5 Å². The highest BCUT2D eigenvalue weighted by molar-refractivity contribution is 7.92. The smallest absolute Gasteiger partial charge is 0.261 e. The summed E-state index contributed by atoms with van der Waals surface area (Å²) >= 11 is 0. The minimum absolute atomic E-state index is 0.246. The third-order valence-electron chi connectivity index (χ3n) is 4.14. The summed E-state index contributed by atoms with van der Waals surface area (Å²) in [7, 11) is -3.64. The highest BCUT2D eigenvalue weighted by Crippen LogP contribution is 2.29. The fraction of sp³-hybridized carbons (Fsp3) is 0.294. The van der Waals surface area contributed by atoms with Gasteiger partial charge < -0.3 is 14.8 Å². The molecule has 0 fully saturated rings. The van der Waals surface area contributed by atoms with Gasteiger partial charge in [-0.15, -0.1) is 0 Å². The van der Waals surface area contributed by atoms with Gasteiger partial charge in [0.25, 0.3) is 10.0 Å². The molecule has 0 aliphatic carbocycles. The zero-order chi connectivity index (χ0) is 16.6. The number of anilines is 1. The van der Waals surface area contributed by atoms with Gasteiger partial charge in [0.2, 0.25) is 0 Å². The van der Waals surface area contributed by atoms with Crippen LogP contribution in [-0.4, -0.2) is 28.2 Å². The van der Waals surface area contributed by atoms with Crippen molar-refractivity contribution in [1.82, 2.24) is 5.32 Å². The number of nitrogens with one attached hydrogen (secondary N) is 2. The van der Waals surface area contributed by atoms with Gasteiger partial charge >= 0.3 is 0 Å². The van der Waals surface area contributed by atoms with E-state index in [4.69, 9.17) is 9.47 Å². The van der Waals surface area contributed by atoms with Crippen LogP contribution in [0.2, 0.25) is 0 Å². The molecule has 0 radical (unpaired) electrons. The van der Waals surface area contributed by atoms with Crippen LogP contribution in [-0.2, 0) is 23.0 Å². The summed E-state index contributed by atoms with van der Waals surface area (Å²) in [6.45, 7) is 2.63. The lowest BCUT2D eigenvalue weighted by Crippen LogP contribution is -2.16. The maximum atomic E-state index is 12.6. The zero-order valence-corrected chi connectivity index (χ0v) is 13.9. The molecule has 0 saturated heterocycles. The van der Waals surface area contributed by atoms with Gasteiger partial charge in [0.15, 0.2) is 0 Å². The summed E-state index contributed by atoms with van der Waals surface area (Å²) in [6.07, 6.45) is 0.737. The van der Waals surface area contributed by atoms with Crippen molar-refractivity contribution >= 4 is 15.7 Å². The zero-order valence-electron chi connectivity index (χ0n) is 13.0. The molecule has 0 bridgehead atoms. The predicted molar refractivity (Wildman–Crippen MR) is 90.1 cm³/mol. The summed E-state index contributed by atoms with van der Waals surface area (Å²) in [5.74, 6) is 1.56. The number of fused-ring (bicyclic) bond motifs is 2. The molecule has 2 N–H and O–H groups in total. The average molecular weight is 346 g/mol. The predicted octanol–water partition coefficient (Wildman–Crippen LogP) is 1.90. The van der Waals surface area contributed by atoms with Crippen LogP contribution in [0.4, 0.5) is 5.69 Å². The van der Waals surface area contributed by atoms with Crippen molar-refractivity contribution in [2.24, 2.45) is 0 Å². The van der Waals surface area contributed by atoms with Crippen LogP contribution in [0.5, 0.6) is 11.5 Å². The summed E-state index contributed by atoms with van der Waals surface area (Å²) in [5.41, 5.74) is 2.39. The maximum absolute atomic E-state index is 12.6. The molecule has 2 aliphatic heterocycles. The molecule has 2 heterocycles. The van der Waals surface area contributed by atoms with E-state index < -0.39 is 10.0 Å². The van der Waals surface area contributed by atoms with Gasteiger partial charge in [-0.25, -0.2) is 8.42 Å². The minimum atomic E-state index is -3.64. The van der Waals surface area contributed by atoms with E-state index in [1.54, 1.807) is 30.3 Å². The van der Waals surface area contributed by atoms with Crippen LogP contribution in [0.3, 0.4) is 0 Å². The van der Waals surface area contributed by atoms with E-state index in [0.29, 0.717) is 25.4 Å². The van der Waals surface area contributed by atoms with Crippen molar-refractivity contribution in [3.05, 3.63) is 47.5 Å². The van der Waals surface area contributed by atoms with E-state index in [1.165, 1.54) is 0 Å². The monoisotopic (exact) mass is 346 g/mol. The summed E-state index contributed by atoms with van der Waals surface area (Å²) in [6, 6.07) is 10.3. The standard InChI is InChI=1S/C17H18N2O4S/c20-24(21,15-2-4-16-12(10-15)5-7-22-16)19-14-1-3-17-13(9-14)11-18-6-8-23-17/h1-4,9-10,18-19H,5-8,11H2. The molecule has 0 spiro atoms. The first kappa shape index (κ1) is 15.3. The van der Waals surface area contributed by atoms with Crippen LogP contribution in [0.25, 0.3) is 0 Å². The minimum Gasteiger partial charge on any atom is -0.493 e. The first-order valence-corrected chi connectivity index (χ1v) is 9.35. The molecule has 24 heavy (non-hydrogen) atoms. The molecule has 0 unspecified atom stereocenters. The van der Waals surface area contributed by atoms with E-state index in [9.17, 15) is 8.42 Å². The van der Waals surface area contributed by atoms with Gasteiger partial charge in [-0.2, -0.15) is 0 Å². The molecule has 0 amide bonds. The van der Waals surface area contributed by atoms with E-state index in [0.717, 1.165) is 35.6 Å². The van der Waals surface area contributed by atoms with Crippen LogP contribution in [0.1, 0.15) is 11.1 Å². The van der Waals surface area contributed by atoms with Gasteiger partial charge in [-0.1, -0.05) is 0 Å². The second kappa shape index (κ2) is 5.99. The van der Waals surface area contributed by atoms with Crippen molar-refractivity contribution in [2.75, 3.05) is 24.5 Å². The highest BCUT2D eigenvalue weighted by Gasteiger charge is 2.20. The molecule has 7 heteroatoms. The summed E-state index contributed by atoms with van der Waals surface area (Å²) < 4.78 is 39.0. The Morgan fingerprint density at radius 3 is 2.67 bits per heavy atom. The molecule has 0 saturated carbocycles. The lowest BCUT2D eigenvalue weighted by molar-refractivity contribution is 0.326. The lowest BCUT2D eigenvalue weighted by Gasteiger charge is -2.12. The first-order chi connectivity index (χ1) is 11.6. The Bertz CT molecular complexity index is 880. The normalized spacial score (nSPS) is 16.3. The lowest BCUT2D eigenvalue weighted by atomic mass is 10.2. The van der Waals surface area contributed by atoms with Crippen LogP contribution >= 0.6 is 0 Å². The van der Waals surface area contributed by atoms with Crippen molar-refractivity contribution in [1.29, 1.82) is 0 Å². The van der Waals surface area contributed by atoms with Crippen molar-refractivity contribution in [3.8, 4) is 11.5 Å². The molecule has 2 aliphatic rings. The maximum Gasteiger partial charge on any atom is 0.261 e. The molecule has 2 aromatic carbocycles. The van der Waals surface area contributed by atoms with Gasteiger partial charge in [0.05, 0.1) is 11.5 Å². The molecule has 0 atom stereocenters. The second-order valence-electron chi connectivity index (χ2n) is 5.82. The fourth-order valence-electron chi connectivity index (χ4n) is 2.92. The van der Waals surface area contributed by atoms with Gasteiger partial charge in [-0.3, -0.25) is 4.72 Å². The topological polar surface area (TPSA) is 76.7 Å². The number of sulfonamides is 1. The van der Waals surface area contributed by atoms with Gasteiger partial charge in [-0.05, 0) is 42.0 Å². The fourth-order valence-corrected chi connectivity index (χ4v) is 4.02. The third-order valence-corrected chi connectivity index (χ3v) is 5.51. The second-order valence-corrected chi connectivity index (χ2v) is 7.50. The van der Waals surface area contributed by atoms with E-state index in [1.807, 2.05) is 6.07 Å². The molecule has 6 nitrogen and oxygen atoms in total. The van der Waals surface area contributed by atoms with Crippen LogP contribution in [0.15, 0.2) is 41.3 Å². The number of hydrogen-bond donors (Lipinski definition) is 2. The van der Waals surface area contributed by atoms with Crippen molar-refractivity contribution in [2.45, 2.75) is 17.9 Å². The highest BCUT2D eigenvalue weighted by atomic mass is 32.2. The Hall–Kier alpha value is -2.25. The molecule has 0 aromatic heterocycles. The Labute approximate surface area is 140 Å². The first-order valence-electron chi connectivity index (χ1n) is 7.87. The van der Waals surface area contributed by atoms with Crippen molar-refractivity contribution < 1.29 is 17.9 Å². The molecule has 126 valence electrons.